The number of pyridine rings is 4. The van der Waals surface area contributed by atoms with Crippen LogP contribution in [-0.4, -0.2) is 31.8 Å². The van der Waals surface area contributed by atoms with E-state index < -0.39 is 0 Å². The number of anilines is 2. The summed E-state index contributed by atoms with van der Waals surface area (Å²) in [4.78, 5) is 43.5. The van der Waals surface area contributed by atoms with Crippen molar-refractivity contribution in [3.63, 3.8) is 0 Å². The van der Waals surface area contributed by atoms with Gasteiger partial charge in [0.1, 0.15) is 0 Å². The zero-order valence-electron chi connectivity index (χ0n) is 26.3. The molecule has 6 aromatic rings. The highest BCUT2D eigenvalue weighted by Gasteiger charge is 2.35. The molecule has 2 aromatic carbocycles. The summed E-state index contributed by atoms with van der Waals surface area (Å²) < 4.78 is 0. The first-order chi connectivity index (χ1) is 23.6. The summed E-state index contributed by atoms with van der Waals surface area (Å²) >= 11 is 0. The minimum Gasteiger partial charge on any atom is -0.322 e. The quantitative estimate of drug-likeness (QED) is 0.175. The fraction of sp³-hybridized carbons (Fsp3) is 0.150. The number of carbonyl (C=O) groups excluding carboxylic acids is 2. The van der Waals surface area contributed by atoms with Gasteiger partial charge in [-0.2, -0.15) is 0 Å². The van der Waals surface area contributed by atoms with Gasteiger partial charge in [-0.25, -0.2) is 0 Å². The Labute approximate surface area is 279 Å². The second-order valence-corrected chi connectivity index (χ2v) is 12.0. The van der Waals surface area contributed by atoms with E-state index in [1.54, 1.807) is 36.9 Å². The third kappa shape index (κ3) is 6.59. The Morgan fingerprint density at radius 2 is 0.917 bits per heavy atom. The molecule has 4 heterocycles. The van der Waals surface area contributed by atoms with Crippen LogP contribution >= 0.6 is 0 Å². The van der Waals surface area contributed by atoms with Crippen molar-refractivity contribution in [2.45, 2.75) is 37.5 Å². The molecule has 4 aromatic heterocycles. The number of aromatic nitrogens is 4. The summed E-state index contributed by atoms with van der Waals surface area (Å²) in [5.74, 6) is -0.430. The molecule has 0 unspecified atom stereocenters. The molecule has 1 saturated carbocycles. The number of nitrogens with one attached hydrogen (secondary N) is 2. The van der Waals surface area contributed by atoms with Crippen LogP contribution in [0.15, 0.2) is 134 Å². The zero-order valence-corrected chi connectivity index (χ0v) is 26.3. The number of hydrogen-bond donors (Lipinski definition) is 2. The molecule has 0 spiro atoms. The van der Waals surface area contributed by atoms with Gasteiger partial charge in [-0.3, -0.25) is 29.5 Å². The molecule has 7 rings (SSSR count). The second-order valence-electron chi connectivity index (χ2n) is 12.0. The third-order valence-electron chi connectivity index (χ3n) is 9.00. The van der Waals surface area contributed by atoms with Crippen LogP contribution in [-0.2, 0) is 5.41 Å². The van der Waals surface area contributed by atoms with Crippen LogP contribution in [0.1, 0.15) is 63.9 Å². The highest BCUT2D eigenvalue weighted by Crippen LogP contribution is 2.45. The Morgan fingerprint density at radius 1 is 0.479 bits per heavy atom. The lowest BCUT2D eigenvalue weighted by molar-refractivity contribution is 0.101. The van der Waals surface area contributed by atoms with Crippen molar-refractivity contribution in [2.24, 2.45) is 0 Å². The summed E-state index contributed by atoms with van der Waals surface area (Å²) in [5, 5.41) is 6.02. The van der Waals surface area contributed by atoms with Crippen LogP contribution in [0.3, 0.4) is 0 Å². The molecule has 8 heteroatoms. The van der Waals surface area contributed by atoms with E-state index in [2.05, 4.69) is 54.8 Å². The van der Waals surface area contributed by atoms with Crippen LogP contribution < -0.4 is 10.6 Å². The lowest BCUT2D eigenvalue weighted by Gasteiger charge is -2.39. The molecule has 8 nitrogen and oxygen atoms in total. The number of hydrogen-bond acceptors (Lipinski definition) is 6. The molecular formula is C40H34N6O2. The van der Waals surface area contributed by atoms with Crippen molar-refractivity contribution >= 4 is 23.2 Å². The fourth-order valence-electron chi connectivity index (χ4n) is 6.44. The Kier molecular flexibility index (Phi) is 8.78. The maximum atomic E-state index is 13.0. The van der Waals surface area contributed by atoms with Gasteiger partial charge in [0.15, 0.2) is 0 Å². The molecule has 236 valence electrons. The van der Waals surface area contributed by atoms with Crippen molar-refractivity contribution in [3.05, 3.63) is 156 Å². The van der Waals surface area contributed by atoms with E-state index in [9.17, 15) is 9.59 Å². The fourth-order valence-corrected chi connectivity index (χ4v) is 6.44. The number of carbonyl (C=O) groups is 2. The van der Waals surface area contributed by atoms with Gasteiger partial charge in [0.2, 0.25) is 0 Å². The molecule has 0 atom stereocenters. The van der Waals surface area contributed by atoms with Crippen LogP contribution in [0, 0.1) is 0 Å². The number of nitrogens with zero attached hydrogens (tertiary/aromatic N) is 4. The molecule has 0 bridgehead atoms. The maximum absolute atomic E-state index is 13.0. The Balaban J connectivity index is 1.03. The first-order valence-electron chi connectivity index (χ1n) is 16.2. The van der Waals surface area contributed by atoms with Crippen LogP contribution in [0.2, 0.25) is 0 Å². The molecule has 1 aliphatic rings. The van der Waals surface area contributed by atoms with E-state index in [-0.39, 0.29) is 17.2 Å². The van der Waals surface area contributed by atoms with E-state index in [0.717, 1.165) is 48.4 Å². The Hall–Kier alpha value is -6.02. The monoisotopic (exact) mass is 630 g/mol. The molecule has 2 amide bonds. The maximum Gasteiger partial charge on any atom is 0.257 e. The van der Waals surface area contributed by atoms with Crippen molar-refractivity contribution in [2.75, 3.05) is 10.6 Å². The van der Waals surface area contributed by atoms with Gasteiger partial charge >= 0.3 is 0 Å². The highest BCUT2D eigenvalue weighted by molar-refractivity contribution is 6.04. The smallest absolute Gasteiger partial charge is 0.257 e. The van der Waals surface area contributed by atoms with Gasteiger partial charge in [-0.05, 0) is 96.8 Å². The molecular weight excluding hydrogens is 596 g/mol. The van der Waals surface area contributed by atoms with Crippen molar-refractivity contribution in [1.29, 1.82) is 0 Å². The normalized spacial score (nSPS) is 13.8. The van der Waals surface area contributed by atoms with Gasteiger partial charge in [0.25, 0.3) is 11.8 Å². The first-order valence-corrected chi connectivity index (χ1v) is 16.2. The zero-order chi connectivity index (χ0) is 32.8. The number of amides is 2. The van der Waals surface area contributed by atoms with E-state index in [1.807, 2.05) is 72.8 Å². The molecule has 0 aliphatic heterocycles. The summed E-state index contributed by atoms with van der Waals surface area (Å²) in [7, 11) is 0. The standard InChI is InChI=1S/C40H34N6O2/c47-38(28-10-20-36(43-26-28)34-8-2-6-24-41-34)45-32-16-12-30(13-17-32)40(22-4-1-5-23-40)31-14-18-33(19-15-31)46-39(48)29-11-21-37(44-27-29)35-9-3-7-25-42-35/h2-3,6-21,24-27H,1,4-5,22-23H2,(H,45,47)(H,46,48). The average molecular weight is 631 g/mol. The second kappa shape index (κ2) is 13.8. The predicted octanol–water partition coefficient (Wildman–Crippen LogP) is 8.36. The van der Waals surface area contributed by atoms with Gasteiger partial charge in [0.05, 0.1) is 33.9 Å². The van der Waals surface area contributed by atoms with Gasteiger partial charge in [-0.15, -0.1) is 0 Å². The number of rotatable bonds is 8. The Bertz CT molecular complexity index is 1850. The predicted molar refractivity (Wildman–Crippen MR) is 188 cm³/mol. The highest BCUT2D eigenvalue weighted by atomic mass is 16.2. The van der Waals surface area contributed by atoms with Crippen LogP contribution in [0.4, 0.5) is 11.4 Å². The molecule has 0 radical (unpaired) electrons. The first kappa shape index (κ1) is 30.6. The SMILES string of the molecule is O=C(Nc1ccc(C2(c3ccc(NC(=O)c4ccc(-c5ccccn5)nc4)cc3)CCCCC2)cc1)c1ccc(-c2ccccn2)nc1. The van der Waals surface area contributed by atoms with Crippen molar-refractivity contribution in [1.82, 2.24) is 19.9 Å². The van der Waals surface area contributed by atoms with Crippen molar-refractivity contribution < 1.29 is 9.59 Å². The minimum absolute atomic E-state index is 0.139. The van der Waals surface area contributed by atoms with Crippen molar-refractivity contribution in [3.8, 4) is 22.8 Å². The van der Waals surface area contributed by atoms with Crippen LogP contribution in [0.25, 0.3) is 22.8 Å². The molecule has 2 N–H and O–H groups in total. The molecule has 0 saturated heterocycles. The molecule has 48 heavy (non-hydrogen) atoms. The van der Waals surface area contributed by atoms with Gasteiger partial charge in [0, 0.05) is 41.6 Å². The average Bonchev–Trinajstić information content (AvgIpc) is 3.16. The lowest BCUT2D eigenvalue weighted by atomic mass is 9.65. The van der Waals surface area contributed by atoms with Crippen LogP contribution in [0.5, 0.6) is 0 Å². The lowest BCUT2D eigenvalue weighted by Crippen LogP contribution is -2.30. The van der Waals surface area contributed by atoms with Gasteiger partial charge in [-0.1, -0.05) is 55.7 Å². The van der Waals surface area contributed by atoms with Gasteiger partial charge < -0.3 is 10.6 Å². The topological polar surface area (TPSA) is 110 Å². The third-order valence-corrected chi connectivity index (χ3v) is 9.00. The van der Waals surface area contributed by atoms with E-state index >= 15 is 0 Å². The summed E-state index contributed by atoms with van der Waals surface area (Å²) in [6, 6.07) is 34.8. The molecule has 1 fully saturated rings. The molecule has 1 aliphatic carbocycles. The summed E-state index contributed by atoms with van der Waals surface area (Å²) in [6.07, 6.45) is 12.2. The van der Waals surface area contributed by atoms with E-state index in [0.29, 0.717) is 22.5 Å². The summed E-state index contributed by atoms with van der Waals surface area (Å²) in [5.41, 5.74) is 7.67. The minimum atomic E-state index is -0.215. The van der Waals surface area contributed by atoms with E-state index in [4.69, 9.17) is 0 Å². The van der Waals surface area contributed by atoms with E-state index in [1.165, 1.54) is 17.5 Å². The Morgan fingerprint density at radius 3 is 1.29 bits per heavy atom. The number of benzene rings is 2. The summed E-state index contributed by atoms with van der Waals surface area (Å²) in [6.45, 7) is 0. The largest absolute Gasteiger partial charge is 0.322 e.